The highest BCUT2D eigenvalue weighted by molar-refractivity contribution is 5.88. The number of hydrogen-bond acceptors (Lipinski definition) is 4. The summed E-state index contributed by atoms with van der Waals surface area (Å²) in [5.41, 5.74) is 8.41. The first-order valence-electron chi connectivity index (χ1n) is 6.19. The molecule has 1 aromatic heterocycles. The molecule has 0 saturated carbocycles. The van der Waals surface area contributed by atoms with Crippen LogP contribution in [0.1, 0.15) is 26.7 Å². The first kappa shape index (κ1) is 12.7. The van der Waals surface area contributed by atoms with E-state index >= 15 is 0 Å². The van der Waals surface area contributed by atoms with E-state index in [2.05, 4.69) is 29.4 Å². The Balaban J connectivity index is 2.32. The lowest BCUT2D eigenvalue weighted by atomic mass is 9.94. The summed E-state index contributed by atoms with van der Waals surface area (Å²) in [7, 11) is 0. The van der Waals surface area contributed by atoms with E-state index in [-0.39, 0.29) is 12.1 Å². The van der Waals surface area contributed by atoms with Gasteiger partial charge in [-0.15, -0.1) is 0 Å². The average Bonchev–Trinajstić information content (AvgIpc) is 2.77. The third kappa shape index (κ3) is 2.41. The number of aromatic nitrogens is 2. The van der Waals surface area contributed by atoms with Crippen LogP contribution in [0.25, 0.3) is 10.9 Å². The summed E-state index contributed by atoms with van der Waals surface area (Å²) in [6, 6.07) is 3.86. The molecule has 5 N–H and O–H groups in total. The number of nitrogens with one attached hydrogen (secondary N) is 2. The molecule has 0 spiro atoms. The summed E-state index contributed by atoms with van der Waals surface area (Å²) in [4.78, 5) is 0. The van der Waals surface area contributed by atoms with Crippen LogP contribution in [0, 0.1) is 0 Å². The summed E-state index contributed by atoms with van der Waals surface area (Å²) in [5.74, 6) is 0. The van der Waals surface area contributed by atoms with Crippen LogP contribution in [-0.2, 0) is 0 Å². The van der Waals surface area contributed by atoms with Crippen molar-refractivity contribution in [2.45, 2.75) is 32.2 Å². The monoisotopic (exact) mass is 248 g/mol. The highest BCUT2D eigenvalue weighted by Crippen LogP contribution is 2.29. The van der Waals surface area contributed by atoms with E-state index in [0.29, 0.717) is 12.1 Å². The Morgan fingerprint density at radius 1 is 1.50 bits per heavy atom. The van der Waals surface area contributed by atoms with Gasteiger partial charge in [-0.2, -0.15) is 5.10 Å². The number of hydrogen-bond donors (Lipinski definition) is 4. The van der Waals surface area contributed by atoms with Gasteiger partial charge in [-0.25, -0.2) is 0 Å². The van der Waals surface area contributed by atoms with E-state index in [9.17, 15) is 0 Å². The summed E-state index contributed by atoms with van der Waals surface area (Å²) in [6.45, 7) is 4.33. The van der Waals surface area contributed by atoms with Gasteiger partial charge in [0.25, 0.3) is 0 Å². The van der Waals surface area contributed by atoms with Crippen LogP contribution in [0.3, 0.4) is 0 Å². The predicted molar refractivity (Wildman–Crippen MR) is 74.5 cm³/mol. The van der Waals surface area contributed by atoms with E-state index in [1.54, 1.807) is 6.20 Å². The number of aromatic amines is 1. The van der Waals surface area contributed by atoms with Crippen LogP contribution >= 0.6 is 0 Å². The van der Waals surface area contributed by atoms with Crippen molar-refractivity contribution >= 4 is 22.3 Å². The highest BCUT2D eigenvalue weighted by atomic mass is 16.3. The third-order valence-electron chi connectivity index (χ3n) is 3.49. The second kappa shape index (κ2) is 4.86. The minimum Gasteiger partial charge on any atom is -0.397 e. The van der Waals surface area contributed by atoms with E-state index in [4.69, 9.17) is 10.8 Å². The molecule has 1 heterocycles. The van der Waals surface area contributed by atoms with Gasteiger partial charge < -0.3 is 16.2 Å². The lowest BCUT2D eigenvalue weighted by molar-refractivity contribution is 0.252. The van der Waals surface area contributed by atoms with E-state index < -0.39 is 0 Å². The fourth-order valence-corrected chi connectivity index (χ4v) is 2.02. The zero-order valence-corrected chi connectivity index (χ0v) is 10.8. The average molecular weight is 248 g/mol. The molecule has 1 atom stereocenters. The summed E-state index contributed by atoms with van der Waals surface area (Å²) < 4.78 is 0. The number of benzene rings is 1. The molecule has 2 aromatic rings. The van der Waals surface area contributed by atoms with Crippen molar-refractivity contribution in [2.75, 3.05) is 17.7 Å². The van der Waals surface area contributed by atoms with Crippen molar-refractivity contribution in [3.8, 4) is 0 Å². The van der Waals surface area contributed by atoms with Gasteiger partial charge in [0.15, 0.2) is 0 Å². The maximum Gasteiger partial charge on any atom is 0.0672 e. The van der Waals surface area contributed by atoms with Gasteiger partial charge in [0.05, 0.1) is 23.1 Å². The van der Waals surface area contributed by atoms with Gasteiger partial charge in [0.1, 0.15) is 0 Å². The number of nitrogens with two attached hydrogens (primary N) is 1. The minimum absolute atomic E-state index is 0.156. The van der Waals surface area contributed by atoms with Crippen molar-refractivity contribution in [1.29, 1.82) is 0 Å². The summed E-state index contributed by atoms with van der Waals surface area (Å²) in [6.07, 6.45) is 3.35. The predicted octanol–water partition coefficient (Wildman–Crippen LogP) is 2.11. The van der Waals surface area contributed by atoms with Crippen LogP contribution in [0.15, 0.2) is 18.3 Å². The van der Waals surface area contributed by atoms with Crippen molar-refractivity contribution in [2.24, 2.45) is 0 Å². The van der Waals surface area contributed by atoms with Crippen molar-refractivity contribution in [3.63, 3.8) is 0 Å². The maximum atomic E-state index is 9.13. The number of aliphatic hydroxyl groups is 1. The topological polar surface area (TPSA) is 87.0 Å². The molecule has 1 unspecified atom stereocenters. The van der Waals surface area contributed by atoms with Crippen molar-refractivity contribution in [1.82, 2.24) is 10.2 Å². The standard InChI is InChI=1S/C13H20N4O/c1-3-13(2,4-5-18)16-12-7-11-9(6-10(12)14)8-15-17-11/h6-8,16,18H,3-5,14H2,1-2H3,(H,15,17). The van der Waals surface area contributed by atoms with Gasteiger partial charge >= 0.3 is 0 Å². The molecule has 0 aliphatic carbocycles. The van der Waals surface area contributed by atoms with Gasteiger partial charge in [-0.05, 0) is 31.9 Å². The number of nitrogens with zero attached hydrogens (tertiary/aromatic N) is 1. The molecule has 2 rings (SSSR count). The normalized spacial score (nSPS) is 14.6. The van der Waals surface area contributed by atoms with Crippen LogP contribution in [0.2, 0.25) is 0 Å². The number of fused-ring (bicyclic) bond motifs is 1. The van der Waals surface area contributed by atoms with Crippen molar-refractivity contribution < 1.29 is 5.11 Å². The molecule has 1 aromatic carbocycles. The largest absolute Gasteiger partial charge is 0.397 e. The van der Waals surface area contributed by atoms with E-state index in [1.165, 1.54) is 0 Å². The smallest absolute Gasteiger partial charge is 0.0672 e. The molecule has 98 valence electrons. The van der Waals surface area contributed by atoms with Gasteiger partial charge in [0.2, 0.25) is 0 Å². The Bertz CT molecular complexity index is 537. The molecule has 18 heavy (non-hydrogen) atoms. The van der Waals surface area contributed by atoms with E-state index in [0.717, 1.165) is 23.0 Å². The van der Waals surface area contributed by atoms with Crippen LogP contribution in [0.4, 0.5) is 11.4 Å². The van der Waals surface area contributed by atoms with Gasteiger partial charge in [0, 0.05) is 17.5 Å². The fourth-order valence-electron chi connectivity index (χ4n) is 2.02. The molecule has 0 radical (unpaired) electrons. The Morgan fingerprint density at radius 3 is 2.94 bits per heavy atom. The van der Waals surface area contributed by atoms with Crippen LogP contribution in [-0.4, -0.2) is 27.4 Å². The molecule has 0 aliphatic rings. The molecule has 0 fully saturated rings. The van der Waals surface area contributed by atoms with Gasteiger partial charge in [-0.1, -0.05) is 6.92 Å². The van der Waals surface area contributed by atoms with Crippen molar-refractivity contribution in [3.05, 3.63) is 18.3 Å². The van der Waals surface area contributed by atoms with E-state index in [1.807, 2.05) is 12.1 Å². The van der Waals surface area contributed by atoms with Gasteiger partial charge in [-0.3, -0.25) is 5.10 Å². The molecule has 5 nitrogen and oxygen atoms in total. The Hall–Kier alpha value is -1.75. The number of aliphatic hydroxyl groups excluding tert-OH is 1. The molecule has 0 amide bonds. The Kier molecular flexibility index (Phi) is 3.43. The molecular formula is C13H20N4O. The second-order valence-electron chi connectivity index (χ2n) is 4.91. The number of anilines is 2. The maximum absolute atomic E-state index is 9.13. The fraction of sp³-hybridized carbons (Fsp3) is 0.462. The zero-order chi connectivity index (χ0) is 13.2. The number of rotatable bonds is 5. The number of H-pyrrole nitrogens is 1. The second-order valence-corrected chi connectivity index (χ2v) is 4.91. The summed E-state index contributed by atoms with van der Waals surface area (Å²) >= 11 is 0. The molecule has 5 heteroatoms. The summed E-state index contributed by atoms with van der Waals surface area (Å²) in [5, 5.41) is 20.5. The SMILES string of the molecule is CCC(C)(CCO)Nc1cc2[nH]ncc2cc1N. The molecule has 0 aliphatic heterocycles. The lowest BCUT2D eigenvalue weighted by Gasteiger charge is -2.31. The molecule has 0 bridgehead atoms. The Labute approximate surface area is 106 Å². The number of nitrogen functional groups attached to an aromatic ring is 1. The highest BCUT2D eigenvalue weighted by Gasteiger charge is 2.22. The minimum atomic E-state index is -0.156. The zero-order valence-electron chi connectivity index (χ0n) is 10.8. The first-order valence-corrected chi connectivity index (χ1v) is 6.19. The third-order valence-corrected chi connectivity index (χ3v) is 3.49. The molecular weight excluding hydrogens is 228 g/mol. The van der Waals surface area contributed by atoms with Crippen LogP contribution < -0.4 is 11.1 Å². The Morgan fingerprint density at radius 2 is 2.28 bits per heavy atom. The van der Waals surface area contributed by atoms with Crippen LogP contribution in [0.5, 0.6) is 0 Å². The quantitative estimate of drug-likeness (QED) is 0.610. The first-order chi connectivity index (χ1) is 8.58. The lowest BCUT2D eigenvalue weighted by Crippen LogP contribution is -2.35. The molecule has 0 saturated heterocycles.